The Kier molecular flexibility index (Phi) is 4.05. The van der Waals surface area contributed by atoms with Crippen molar-refractivity contribution in [2.45, 2.75) is 31.3 Å². The highest BCUT2D eigenvalue weighted by molar-refractivity contribution is 6.37. The lowest BCUT2D eigenvalue weighted by atomic mass is 9.74. The Morgan fingerprint density at radius 3 is 2.50 bits per heavy atom. The van der Waals surface area contributed by atoms with Gasteiger partial charge in [-0.3, -0.25) is 4.79 Å². The molecule has 2 heterocycles. The Morgan fingerprint density at radius 2 is 1.77 bits per heavy atom. The van der Waals surface area contributed by atoms with Gasteiger partial charge in [-0.2, -0.15) is 0 Å². The van der Waals surface area contributed by atoms with E-state index < -0.39 is 5.66 Å². The van der Waals surface area contributed by atoms with Gasteiger partial charge in [-0.25, -0.2) is 0 Å². The minimum atomic E-state index is -0.658. The highest BCUT2D eigenvalue weighted by atomic mass is 35.5. The lowest BCUT2D eigenvalue weighted by Gasteiger charge is -2.49. The second-order valence-corrected chi connectivity index (χ2v) is 8.14. The number of halogens is 2. The predicted octanol–water partition coefficient (Wildman–Crippen LogP) is 5.02. The van der Waals surface area contributed by atoms with Gasteiger partial charge < -0.3 is 10.2 Å². The molecule has 1 N–H and O–H groups in total. The maximum atomic E-state index is 12.4. The van der Waals surface area contributed by atoms with E-state index in [2.05, 4.69) is 36.2 Å². The fourth-order valence-electron chi connectivity index (χ4n) is 4.19. The van der Waals surface area contributed by atoms with E-state index in [4.69, 9.17) is 23.2 Å². The molecule has 4 rings (SSSR count). The Balaban J connectivity index is 1.88. The number of anilines is 1. The number of carbonyl (C=O) groups is 1. The number of benzene rings is 2. The molecule has 26 heavy (non-hydrogen) atoms. The quantitative estimate of drug-likeness (QED) is 0.785. The fraction of sp³-hybridized carbons (Fsp3) is 0.286. The number of hydrogen-bond acceptors (Lipinski definition) is 2. The summed E-state index contributed by atoms with van der Waals surface area (Å²) in [5.41, 5.74) is 2.17. The topological polar surface area (TPSA) is 32.3 Å². The Bertz CT molecular complexity index is 902. The van der Waals surface area contributed by atoms with E-state index in [9.17, 15) is 4.79 Å². The lowest BCUT2D eigenvalue weighted by Crippen LogP contribution is -2.68. The molecule has 0 bridgehead atoms. The van der Waals surface area contributed by atoms with E-state index in [1.807, 2.05) is 42.5 Å². The van der Waals surface area contributed by atoms with E-state index >= 15 is 0 Å². The standard InChI is InChI=1S/C21H20Cl2N2O/c1-20(2)15-6-3-4-9-18(15)25-13-11-19(26)24-21(20,25)12-10-14-16(22)7-5-8-17(14)23/h3-10,12H,11,13H2,1-2H3,(H,24,26)/b12-10+/t21-/m1/s1. The van der Waals surface area contributed by atoms with Crippen molar-refractivity contribution < 1.29 is 4.79 Å². The van der Waals surface area contributed by atoms with Crippen molar-refractivity contribution in [3.8, 4) is 0 Å². The fourth-order valence-corrected chi connectivity index (χ4v) is 4.72. The van der Waals surface area contributed by atoms with Crippen molar-refractivity contribution >= 4 is 40.9 Å². The van der Waals surface area contributed by atoms with E-state index in [0.717, 1.165) is 11.3 Å². The molecule has 0 aromatic heterocycles. The second-order valence-electron chi connectivity index (χ2n) is 7.33. The summed E-state index contributed by atoms with van der Waals surface area (Å²) in [4.78, 5) is 14.7. The third-order valence-electron chi connectivity index (χ3n) is 5.63. The van der Waals surface area contributed by atoms with E-state index in [1.54, 1.807) is 0 Å². The van der Waals surface area contributed by atoms with Gasteiger partial charge in [0.1, 0.15) is 5.66 Å². The summed E-state index contributed by atoms with van der Waals surface area (Å²) in [6.07, 6.45) is 4.45. The Morgan fingerprint density at radius 1 is 1.08 bits per heavy atom. The van der Waals surface area contributed by atoms with Crippen molar-refractivity contribution in [3.63, 3.8) is 0 Å². The first kappa shape index (κ1) is 17.4. The van der Waals surface area contributed by atoms with Crippen LogP contribution in [0.5, 0.6) is 0 Å². The Labute approximate surface area is 163 Å². The molecule has 0 radical (unpaired) electrons. The summed E-state index contributed by atoms with van der Waals surface area (Å²) in [6.45, 7) is 5.00. The molecule has 2 aromatic carbocycles. The molecule has 0 unspecified atom stereocenters. The van der Waals surface area contributed by atoms with E-state index in [1.165, 1.54) is 5.56 Å². The molecule has 3 nitrogen and oxygen atoms in total. The van der Waals surface area contributed by atoms with Gasteiger partial charge in [0.05, 0.1) is 0 Å². The lowest BCUT2D eigenvalue weighted by molar-refractivity contribution is -0.124. The van der Waals surface area contributed by atoms with Crippen LogP contribution in [0.3, 0.4) is 0 Å². The second kappa shape index (κ2) is 6.04. The number of fused-ring (bicyclic) bond motifs is 3. The first-order valence-corrected chi connectivity index (χ1v) is 9.44. The minimum absolute atomic E-state index is 0.0528. The zero-order chi connectivity index (χ0) is 18.5. The van der Waals surface area contributed by atoms with Crippen molar-refractivity contribution in [1.29, 1.82) is 0 Å². The first-order valence-electron chi connectivity index (χ1n) is 8.68. The summed E-state index contributed by atoms with van der Waals surface area (Å²) in [6, 6.07) is 13.8. The minimum Gasteiger partial charge on any atom is -0.344 e. The number of hydrogen-bond donors (Lipinski definition) is 1. The molecule has 0 saturated carbocycles. The molecule has 1 fully saturated rings. The van der Waals surface area contributed by atoms with Gasteiger partial charge >= 0.3 is 0 Å². The van der Waals surface area contributed by atoms with Gasteiger partial charge in [-0.15, -0.1) is 0 Å². The molecule has 134 valence electrons. The van der Waals surface area contributed by atoms with Crippen LogP contribution < -0.4 is 10.2 Å². The van der Waals surface area contributed by atoms with Crippen LogP contribution >= 0.6 is 23.2 Å². The largest absolute Gasteiger partial charge is 0.344 e. The van der Waals surface area contributed by atoms with Crippen LogP contribution in [0.2, 0.25) is 10.0 Å². The summed E-state index contributed by atoms with van der Waals surface area (Å²) in [5.74, 6) is 0.0528. The molecule has 1 atom stereocenters. The third kappa shape index (κ3) is 2.38. The highest BCUT2D eigenvalue weighted by Gasteiger charge is 2.57. The van der Waals surface area contributed by atoms with Crippen molar-refractivity contribution in [2.24, 2.45) is 0 Å². The molecular formula is C21H20Cl2N2O. The highest BCUT2D eigenvalue weighted by Crippen LogP contribution is 2.52. The smallest absolute Gasteiger partial charge is 0.223 e. The Hall–Kier alpha value is -1.97. The first-order chi connectivity index (χ1) is 12.4. The molecule has 1 saturated heterocycles. The normalized spacial score (nSPS) is 23.7. The van der Waals surface area contributed by atoms with E-state index in [-0.39, 0.29) is 11.3 Å². The number of para-hydroxylation sites is 1. The van der Waals surface area contributed by atoms with Gasteiger partial charge in [0.2, 0.25) is 5.91 Å². The van der Waals surface area contributed by atoms with Gasteiger partial charge in [0, 0.05) is 39.7 Å². The number of rotatable bonds is 2. The van der Waals surface area contributed by atoms with Gasteiger partial charge in [0.15, 0.2) is 0 Å². The average molecular weight is 387 g/mol. The molecule has 0 spiro atoms. The van der Waals surface area contributed by atoms with Crippen molar-refractivity contribution in [2.75, 3.05) is 11.4 Å². The van der Waals surface area contributed by atoms with Crippen LogP contribution in [0.4, 0.5) is 5.69 Å². The van der Waals surface area contributed by atoms with Crippen LogP contribution in [0.15, 0.2) is 48.5 Å². The summed E-state index contributed by atoms with van der Waals surface area (Å²) in [5, 5.41) is 4.43. The number of nitrogens with zero attached hydrogens (tertiary/aromatic N) is 1. The SMILES string of the molecule is CC1(C)c2ccccc2N2CCC(=O)N[C@]21/C=C/c1c(Cl)cccc1Cl. The van der Waals surface area contributed by atoms with Crippen molar-refractivity contribution in [1.82, 2.24) is 5.32 Å². The van der Waals surface area contributed by atoms with Crippen molar-refractivity contribution in [3.05, 3.63) is 69.7 Å². The summed E-state index contributed by atoms with van der Waals surface area (Å²) >= 11 is 12.7. The molecule has 5 heteroatoms. The van der Waals surface area contributed by atoms with Crippen LogP contribution in [-0.4, -0.2) is 18.1 Å². The molecule has 2 aromatic rings. The molecule has 0 aliphatic carbocycles. The maximum absolute atomic E-state index is 12.4. The van der Waals surface area contributed by atoms with Crippen LogP contribution in [0, 0.1) is 0 Å². The number of amides is 1. The van der Waals surface area contributed by atoms with E-state index in [0.29, 0.717) is 23.0 Å². The van der Waals surface area contributed by atoms with Gasteiger partial charge in [-0.05, 0) is 29.8 Å². The third-order valence-corrected chi connectivity index (χ3v) is 6.29. The van der Waals surface area contributed by atoms with Crippen LogP contribution in [-0.2, 0) is 10.2 Å². The molecule has 2 aliphatic heterocycles. The molecule has 1 amide bonds. The van der Waals surface area contributed by atoms with Crippen LogP contribution in [0.25, 0.3) is 6.08 Å². The van der Waals surface area contributed by atoms with Gasteiger partial charge in [0.25, 0.3) is 0 Å². The summed E-state index contributed by atoms with van der Waals surface area (Å²) < 4.78 is 0. The monoisotopic (exact) mass is 386 g/mol. The number of nitrogens with one attached hydrogen (secondary N) is 1. The summed E-state index contributed by atoms with van der Waals surface area (Å²) in [7, 11) is 0. The zero-order valence-electron chi connectivity index (χ0n) is 14.7. The zero-order valence-corrected chi connectivity index (χ0v) is 16.2. The molecular weight excluding hydrogens is 367 g/mol. The van der Waals surface area contributed by atoms with Crippen LogP contribution in [0.1, 0.15) is 31.4 Å². The number of carbonyl (C=O) groups excluding carboxylic acids is 1. The maximum Gasteiger partial charge on any atom is 0.223 e. The predicted molar refractivity (Wildman–Crippen MR) is 108 cm³/mol. The average Bonchev–Trinajstić information content (AvgIpc) is 2.79. The van der Waals surface area contributed by atoms with Gasteiger partial charge in [-0.1, -0.05) is 67.4 Å². The molecule has 2 aliphatic rings.